The summed E-state index contributed by atoms with van der Waals surface area (Å²) >= 11 is 0. The van der Waals surface area contributed by atoms with Crippen molar-refractivity contribution < 1.29 is 14.3 Å². The zero-order chi connectivity index (χ0) is 7.56. The highest BCUT2D eigenvalue weighted by atomic mass is 16.5. The van der Waals surface area contributed by atoms with Gasteiger partial charge in [-0.25, -0.2) is 4.79 Å². The summed E-state index contributed by atoms with van der Waals surface area (Å²) in [6.07, 6.45) is 0.596. The predicted molar refractivity (Wildman–Crippen MR) is 33.2 cm³/mol. The van der Waals surface area contributed by atoms with Crippen LogP contribution in [0.15, 0.2) is 0 Å². The number of amides is 1. The van der Waals surface area contributed by atoms with Gasteiger partial charge in [-0.3, -0.25) is 4.79 Å². The molecule has 1 heterocycles. The Morgan fingerprint density at radius 3 is 2.90 bits per heavy atom. The molecule has 0 unspecified atom stereocenters. The molecule has 1 aliphatic rings. The highest BCUT2D eigenvalue weighted by Crippen LogP contribution is 2.04. The molecule has 0 bridgehead atoms. The molecule has 4 heteroatoms. The second-order valence-corrected chi connectivity index (χ2v) is 2.21. The fraction of sp³-hybridized carbons (Fsp3) is 0.667. The van der Waals surface area contributed by atoms with E-state index in [4.69, 9.17) is 0 Å². The van der Waals surface area contributed by atoms with Crippen LogP contribution in [0, 0.1) is 0 Å². The summed E-state index contributed by atoms with van der Waals surface area (Å²) in [5.41, 5.74) is 0. The van der Waals surface area contributed by atoms with Gasteiger partial charge in [0.15, 0.2) is 0 Å². The smallest absolute Gasteiger partial charge is 0.328 e. The summed E-state index contributed by atoms with van der Waals surface area (Å²) < 4.78 is 4.61. The van der Waals surface area contributed by atoms with E-state index in [0.29, 0.717) is 13.0 Å². The van der Waals surface area contributed by atoms with Crippen LogP contribution in [-0.4, -0.2) is 24.5 Å². The Balaban J connectivity index is 2.40. The quantitative estimate of drug-likeness (QED) is 0.500. The first-order valence-corrected chi connectivity index (χ1v) is 3.14. The summed E-state index contributed by atoms with van der Waals surface area (Å²) in [4.78, 5) is 21.1. The minimum absolute atomic E-state index is 0.191. The van der Waals surface area contributed by atoms with E-state index >= 15 is 0 Å². The Morgan fingerprint density at radius 1 is 1.80 bits per heavy atom. The van der Waals surface area contributed by atoms with Crippen molar-refractivity contribution in [3.8, 4) is 0 Å². The lowest BCUT2D eigenvalue weighted by atomic mass is 10.2. The maximum atomic E-state index is 10.7. The van der Waals surface area contributed by atoms with Crippen molar-refractivity contribution >= 4 is 11.9 Å². The fourth-order valence-corrected chi connectivity index (χ4v) is 0.872. The van der Waals surface area contributed by atoms with Gasteiger partial charge >= 0.3 is 5.97 Å². The molecule has 1 fully saturated rings. The van der Waals surface area contributed by atoms with Crippen LogP contribution >= 0.6 is 0 Å². The van der Waals surface area contributed by atoms with Crippen molar-refractivity contribution in [1.82, 2.24) is 5.32 Å². The molecule has 0 aromatic carbocycles. The lowest BCUT2D eigenvalue weighted by Crippen LogP contribution is -2.36. The van der Waals surface area contributed by atoms with Crippen LogP contribution in [0.25, 0.3) is 0 Å². The average Bonchev–Trinajstić information content (AvgIpc) is 2.15. The highest BCUT2D eigenvalue weighted by molar-refractivity contribution is 5.84. The van der Waals surface area contributed by atoms with Crippen LogP contribution in [0.5, 0.6) is 0 Å². The molecule has 4 nitrogen and oxygen atoms in total. The number of esters is 1. The van der Waals surface area contributed by atoms with E-state index in [0.717, 1.165) is 0 Å². The lowest BCUT2D eigenvalue weighted by Gasteiger charge is -2.03. The molecular formula is C6H9NO3. The van der Waals surface area contributed by atoms with Gasteiger partial charge in [0.2, 0.25) is 5.91 Å². The third kappa shape index (κ3) is 1.46. The Morgan fingerprint density at radius 2 is 2.50 bits per heavy atom. The first-order chi connectivity index (χ1) is 4.70. The molecule has 1 N–H and O–H groups in total. The minimum Gasteiger partial charge on any atom is -0.464 e. The number of hydrogen-bond acceptors (Lipinski definition) is 3. The van der Waals surface area contributed by atoms with Crippen LogP contribution in [0.3, 0.4) is 0 Å². The number of carbonyl (C=O) groups is 2. The Labute approximate surface area is 58.5 Å². The summed E-state index contributed by atoms with van der Waals surface area (Å²) in [5, 5.41) is 2.48. The summed E-state index contributed by atoms with van der Waals surface area (Å²) in [6.45, 7) is 1.80. The molecule has 1 amide bonds. The predicted octanol–water partition coefficient (Wildman–Crippen LogP) is -0.562. The third-order valence-corrected chi connectivity index (χ3v) is 1.31. The van der Waals surface area contributed by atoms with Crippen molar-refractivity contribution in [2.45, 2.75) is 19.4 Å². The fourth-order valence-electron chi connectivity index (χ4n) is 0.872. The van der Waals surface area contributed by atoms with E-state index in [1.165, 1.54) is 6.92 Å². The maximum Gasteiger partial charge on any atom is 0.328 e. The van der Waals surface area contributed by atoms with E-state index in [9.17, 15) is 9.59 Å². The normalized spacial score (nSPS) is 24.1. The van der Waals surface area contributed by atoms with E-state index < -0.39 is 6.04 Å². The topological polar surface area (TPSA) is 55.4 Å². The molecule has 0 saturated carbocycles. The van der Waals surface area contributed by atoms with Gasteiger partial charge in [0.05, 0.1) is 6.61 Å². The molecule has 1 saturated heterocycles. The molecule has 0 aliphatic carbocycles. The number of nitrogens with one attached hydrogen (secondary N) is 1. The van der Waals surface area contributed by atoms with Crippen LogP contribution in [0.1, 0.15) is 13.3 Å². The Hall–Kier alpha value is -1.06. The minimum atomic E-state index is -0.405. The van der Waals surface area contributed by atoms with Gasteiger partial charge in [0.1, 0.15) is 6.04 Å². The average molecular weight is 143 g/mol. The van der Waals surface area contributed by atoms with Crippen molar-refractivity contribution in [3.05, 3.63) is 0 Å². The third-order valence-electron chi connectivity index (χ3n) is 1.31. The Kier molecular flexibility index (Phi) is 1.89. The molecule has 0 aromatic heterocycles. The summed E-state index contributed by atoms with van der Waals surface area (Å²) in [5.74, 6) is -0.515. The molecule has 1 rings (SSSR count). The van der Waals surface area contributed by atoms with Gasteiger partial charge < -0.3 is 10.1 Å². The molecule has 0 radical (unpaired) electrons. The molecule has 0 aromatic rings. The van der Waals surface area contributed by atoms with Gasteiger partial charge in [-0.05, 0) is 0 Å². The van der Waals surface area contributed by atoms with Gasteiger partial charge in [0, 0.05) is 13.3 Å². The van der Waals surface area contributed by atoms with Gasteiger partial charge in [-0.1, -0.05) is 0 Å². The van der Waals surface area contributed by atoms with Crippen LogP contribution in [0.4, 0.5) is 0 Å². The second-order valence-electron chi connectivity index (χ2n) is 2.21. The molecule has 0 spiro atoms. The molecule has 56 valence electrons. The van der Waals surface area contributed by atoms with Gasteiger partial charge in [0.25, 0.3) is 0 Å². The molecule has 1 aliphatic heterocycles. The van der Waals surface area contributed by atoms with Crippen molar-refractivity contribution in [1.29, 1.82) is 0 Å². The highest BCUT2D eigenvalue weighted by Gasteiger charge is 2.26. The molecular weight excluding hydrogens is 134 g/mol. The van der Waals surface area contributed by atoms with Crippen LogP contribution in [0.2, 0.25) is 0 Å². The monoisotopic (exact) mass is 143 g/mol. The van der Waals surface area contributed by atoms with E-state index in [1.807, 2.05) is 0 Å². The van der Waals surface area contributed by atoms with Gasteiger partial charge in [-0.15, -0.1) is 0 Å². The summed E-state index contributed by atoms with van der Waals surface area (Å²) in [6, 6.07) is -0.405. The number of hydrogen-bond donors (Lipinski definition) is 1. The summed E-state index contributed by atoms with van der Waals surface area (Å²) in [7, 11) is 0. The SMILES string of the molecule is CC(=O)N[C@@H]1CCOC1=O. The van der Waals surface area contributed by atoms with E-state index in [-0.39, 0.29) is 11.9 Å². The number of cyclic esters (lactones) is 1. The van der Waals surface area contributed by atoms with Crippen LogP contribution in [-0.2, 0) is 14.3 Å². The first kappa shape index (κ1) is 7.05. The largest absolute Gasteiger partial charge is 0.464 e. The zero-order valence-electron chi connectivity index (χ0n) is 5.72. The van der Waals surface area contributed by atoms with Crippen LogP contribution < -0.4 is 5.32 Å². The van der Waals surface area contributed by atoms with Gasteiger partial charge in [-0.2, -0.15) is 0 Å². The second kappa shape index (κ2) is 2.68. The van der Waals surface area contributed by atoms with E-state index in [2.05, 4.69) is 10.1 Å². The maximum absolute atomic E-state index is 10.7. The van der Waals surface area contributed by atoms with Crippen molar-refractivity contribution in [3.63, 3.8) is 0 Å². The molecule has 10 heavy (non-hydrogen) atoms. The number of ether oxygens (including phenoxy) is 1. The molecule has 1 atom stereocenters. The zero-order valence-corrected chi connectivity index (χ0v) is 5.72. The lowest BCUT2D eigenvalue weighted by molar-refractivity contribution is -0.141. The number of carbonyl (C=O) groups excluding carboxylic acids is 2. The van der Waals surface area contributed by atoms with Crippen molar-refractivity contribution in [2.24, 2.45) is 0 Å². The Bertz CT molecular complexity index is 166. The standard InChI is InChI=1S/C6H9NO3/c1-4(8)7-5-2-3-10-6(5)9/h5H,2-3H2,1H3,(H,7,8)/t5-/m1/s1. The first-order valence-electron chi connectivity index (χ1n) is 3.14. The van der Waals surface area contributed by atoms with E-state index in [1.54, 1.807) is 0 Å². The van der Waals surface area contributed by atoms with Crippen molar-refractivity contribution in [2.75, 3.05) is 6.61 Å². The number of rotatable bonds is 1.